The van der Waals surface area contributed by atoms with Crippen molar-refractivity contribution in [3.63, 3.8) is 0 Å². The van der Waals surface area contributed by atoms with Crippen LogP contribution in [-0.2, 0) is 0 Å². The van der Waals surface area contributed by atoms with Gasteiger partial charge in [-0.1, -0.05) is 73.7 Å². The zero-order valence-corrected chi connectivity index (χ0v) is 18.5. The third-order valence-corrected chi connectivity index (χ3v) is 7.06. The molecule has 1 atom stereocenters. The van der Waals surface area contributed by atoms with Crippen LogP contribution in [-0.4, -0.2) is 4.57 Å². The van der Waals surface area contributed by atoms with E-state index < -0.39 is 0 Å². The number of furan rings is 1. The molecule has 2 heteroatoms. The highest BCUT2D eigenvalue weighted by atomic mass is 16.3. The van der Waals surface area contributed by atoms with Gasteiger partial charge in [-0.2, -0.15) is 0 Å². The lowest BCUT2D eigenvalue weighted by atomic mass is 9.88. The van der Waals surface area contributed by atoms with Gasteiger partial charge in [-0.05, 0) is 59.9 Å². The number of allylic oxidation sites excluding steroid dienone is 4. The van der Waals surface area contributed by atoms with Crippen molar-refractivity contribution in [2.24, 2.45) is 5.92 Å². The summed E-state index contributed by atoms with van der Waals surface area (Å²) >= 11 is 0. The molecule has 33 heavy (non-hydrogen) atoms. The van der Waals surface area contributed by atoms with Crippen LogP contribution in [0.5, 0.6) is 0 Å². The molecule has 1 unspecified atom stereocenters. The predicted octanol–water partition coefficient (Wildman–Crippen LogP) is 8.66. The Kier molecular flexibility index (Phi) is 3.92. The van der Waals surface area contributed by atoms with E-state index in [1.807, 2.05) is 12.1 Å². The van der Waals surface area contributed by atoms with Gasteiger partial charge in [0.15, 0.2) is 0 Å². The van der Waals surface area contributed by atoms with Crippen LogP contribution in [0.3, 0.4) is 0 Å². The fourth-order valence-corrected chi connectivity index (χ4v) is 5.41. The number of hydrogen-bond donors (Lipinski definition) is 0. The minimum atomic E-state index is 0.527. The monoisotopic (exact) mass is 425 g/mol. The zero-order valence-electron chi connectivity index (χ0n) is 18.5. The van der Waals surface area contributed by atoms with Crippen molar-refractivity contribution >= 4 is 49.3 Å². The Balaban J connectivity index is 1.54. The van der Waals surface area contributed by atoms with Gasteiger partial charge in [0.05, 0.1) is 11.0 Å². The van der Waals surface area contributed by atoms with E-state index in [-0.39, 0.29) is 0 Å². The number of benzene rings is 4. The lowest BCUT2D eigenvalue weighted by molar-refractivity contribution is 0.669. The molecule has 0 saturated heterocycles. The van der Waals surface area contributed by atoms with E-state index in [0.29, 0.717) is 5.92 Å². The lowest BCUT2D eigenvalue weighted by Gasteiger charge is -2.18. The average molecular weight is 426 g/mol. The molecule has 0 amide bonds. The molecule has 158 valence electrons. The average Bonchev–Trinajstić information content (AvgIpc) is 3.39. The van der Waals surface area contributed by atoms with Crippen molar-refractivity contribution in [3.05, 3.63) is 109 Å². The fourth-order valence-electron chi connectivity index (χ4n) is 5.41. The number of nitrogens with zero attached hydrogens (tertiary/aromatic N) is 1. The van der Waals surface area contributed by atoms with Crippen molar-refractivity contribution in [3.8, 4) is 5.69 Å². The molecule has 1 aliphatic rings. The summed E-state index contributed by atoms with van der Waals surface area (Å²) in [4.78, 5) is 0. The van der Waals surface area contributed by atoms with E-state index in [0.717, 1.165) is 34.0 Å². The first-order valence-corrected chi connectivity index (χ1v) is 11.6. The minimum absolute atomic E-state index is 0.527. The highest BCUT2D eigenvalue weighted by molar-refractivity contribution is 6.11. The van der Waals surface area contributed by atoms with Crippen molar-refractivity contribution in [1.29, 1.82) is 0 Å². The summed E-state index contributed by atoms with van der Waals surface area (Å²) in [6, 6.07) is 30.5. The predicted molar refractivity (Wildman–Crippen MR) is 139 cm³/mol. The van der Waals surface area contributed by atoms with Gasteiger partial charge in [0.25, 0.3) is 0 Å². The molecule has 0 saturated carbocycles. The molecular formula is C31H23NO. The van der Waals surface area contributed by atoms with E-state index in [4.69, 9.17) is 4.42 Å². The smallest absolute Gasteiger partial charge is 0.135 e. The van der Waals surface area contributed by atoms with Crippen LogP contribution in [0.25, 0.3) is 55.0 Å². The molecule has 2 aromatic heterocycles. The van der Waals surface area contributed by atoms with E-state index in [2.05, 4.69) is 103 Å². The summed E-state index contributed by atoms with van der Waals surface area (Å²) < 4.78 is 8.49. The second-order valence-electron chi connectivity index (χ2n) is 9.05. The Morgan fingerprint density at radius 1 is 0.727 bits per heavy atom. The van der Waals surface area contributed by atoms with Gasteiger partial charge >= 0.3 is 0 Å². The molecule has 0 N–H and O–H groups in total. The van der Waals surface area contributed by atoms with Gasteiger partial charge in [-0.3, -0.25) is 0 Å². The lowest BCUT2D eigenvalue weighted by Crippen LogP contribution is -2.01. The van der Waals surface area contributed by atoms with Crippen LogP contribution in [0, 0.1) is 5.92 Å². The van der Waals surface area contributed by atoms with Crippen molar-refractivity contribution < 1.29 is 4.42 Å². The van der Waals surface area contributed by atoms with E-state index in [1.54, 1.807) is 0 Å². The Morgan fingerprint density at radius 2 is 1.52 bits per heavy atom. The molecule has 7 rings (SSSR count). The Labute approximate surface area is 192 Å². The summed E-state index contributed by atoms with van der Waals surface area (Å²) in [7, 11) is 0. The fraction of sp³-hybridized carbons (Fsp3) is 0.0968. The quantitative estimate of drug-likeness (QED) is 0.271. The zero-order chi connectivity index (χ0) is 21.9. The van der Waals surface area contributed by atoms with Gasteiger partial charge in [0.2, 0.25) is 0 Å². The maximum Gasteiger partial charge on any atom is 0.135 e. The van der Waals surface area contributed by atoms with Crippen LogP contribution >= 0.6 is 0 Å². The molecule has 1 aliphatic carbocycles. The number of para-hydroxylation sites is 2. The Hall–Kier alpha value is -4.04. The van der Waals surface area contributed by atoms with Gasteiger partial charge in [0.1, 0.15) is 11.2 Å². The first-order chi connectivity index (χ1) is 16.3. The van der Waals surface area contributed by atoms with Crippen LogP contribution in [0.4, 0.5) is 0 Å². The molecular weight excluding hydrogens is 402 g/mol. The molecule has 0 radical (unpaired) electrons. The van der Waals surface area contributed by atoms with Gasteiger partial charge in [-0.25, -0.2) is 0 Å². The van der Waals surface area contributed by atoms with Crippen LogP contribution in [0.1, 0.15) is 18.9 Å². The highest BCUT2D eigenvalue weighted by Crippen LogP contribution is 2.38. The van der Waals surface area contributed by atoms with E-state index in [1.165, 1.54) is 32.9 Å². The second-order valence-corrected chi connectivity index (χ2v) is 9.05. The van der Waals surface area contributed by atoms with Gasteiger partial charge in [-0.15, -0.1) is 0 Å². The topological polar surface area (TPSA) is 18.1 Å². The summed E-state index contributed by atoms with van der Waals surface area (Å²) in [5.74, 6) is 0.527. The standard InChI is InChI=1S/C31H23NO/c1-20-8-2-3-9-23(20)21-14-16-25-24-10-4-6-12-28(24)32(29(25)18-21)22-15-17-31-27(19-22)26-11-5-7-13-30(26)33-31/h2-7,9-20H,8H2,1H3. The van der Waals surface area contributed by atoms with Crippen LogP contribution < -0.4 is 0 Å². The molecule has 6 aromatic rings. The summed E-state index contributed by atoms with van der Waals surface area (Å²) in [5, 5.41) is 4.87. The summed E-state index contributed by atoms with van der Waals surface area (Å²) in [6.07, 6.45) is 7.81. The SMILES string of the molecule is CC1CC=CC=C1c1ccc2c3ccccc3n(-c3ccc4oc5ccccc5c4c3)c2c1. The van der Waals surface area contributed by atoms with Crippen LogP contribution in [0.15, 0.2) is 108 Å². The number of rotatable bonds is 2. The highest BCUT2D eigenvalue weighted by Gasteiger charge is 2.17. The van der Waals surface area contributed by atoms with Crippen LogP contribution in [0.2, 0.25) is 0 Å². The molecule has 2 heterocycles. The molecule has 2 nitrogen and oxygen atoms in total. The molecule has 4 aromatic carbocycles. The summed E-state index contributed by atoms with van der Waals surface area (Å²) in [5.41, 5.74) is 8.19. The maximum absolute atomic E-state index is 6.09. The molecule has 0 spiro atoms. The number of aromatic nitrogens is 1. The third-order valence-electron chi connectivity index (χ3n) is 7.06. The Morgan fingerprint density at radius 3 is 2.42 bits per heavy atom. The maximum atomic E-state index is 6.09. The molecule has 0 aliphatic heterocycles. The number of fused-ring (bicyclic) bond motifs is 6. The first kappa shape index (κ1) is 18.5. The van der Waals surface area contributed by atoms with Gasteiger partial charge < -0.3 is 8.98 Å². The third kappa shape index (κ3) is 2.74. The Bertz CT molecular complexity index is 1760. The van der Waals surface area contributed by atoms with E-state index >= 15 is 0 Å². The first-order valence-electron chi connectivity index (χ1n) is 11.6. The molecule has 0 fully saturated rings. The van der Waals surface area contributed by atoms with Crippen molar-refractivity contribution in [2.45, 2.75) is 13.3 Å². The van der Waals surface area contributed by atoms with E-state index in [9.17, 15) is 0 Å². The largest absolute Gasteiger partial charge is 0.456 e. The number of hydrogen-bond acceptors (Lipinski definition) is 1. The minimum Gasteiger partial charge on any atom is -0.456 e. The second kappa shape index (κ2) is 6.98. The summed E-state index contributed by atoms with van der Waals surface area (Å²) in [6.45, 7) is 2.31. The molecule has 0 bridgehead atoms. The van der Waals surface area contributed by atoms with Gasteiger partial charge in [0, 0.05) is 27.2 Å². The normalized spacial score (nSPS) is 16.3. The van der Waals surface area contributed by atoms with Crippen molar-refractivity contribution in [1.82, 2.24) is 4.57 Å². The van der Waals surface area contributed by atoms with Crippen molar-refractivity contribution in [2.75, 3.05) is 0 Å².